The SMILES string of the molecule is C[C@]12CC[C@H]3[C@@H](CCC4=CC(=O)C=C[C@@]43C)[C@@H]1CC(C(=O)O)[C@@H]2C(=O)C(O)(O)O. The number of rotatable bonds is 3. The molecule has 4 aliphatic rings. The predicted octanol–water partition coefficient (Wildman–Crippen LogP) is 1.42. The van der Waals surface area contributed by atoms with Crippen LogP contribution in [0.5, 0.6) is 0 Å². The molecule has 0 aromatic carbocycles. The fraction of sp³-hybridized carbons (Fsp3) is 0.682. The van der Waals surface area contributed by atoms with Crippen molar-refractivity contribution in [3.63, 3.8) is 0 Å². The third kappa shape index (κ3) is 2.86. The minimum Gasteiger partial charge on any atom is -0.481 e. The number of ketones is 2. The molecule has 0 aromatic rings. The quantitative estimate of drug-likeness (QED) is 0.523. The Labute approximate surface area is 169 Å². The van der Waals surface area contributed by atoms with Gasteiger partial charge in [0.1, 0.15) is 0 Å². The zero-order valence-corrected chi connectivity index (χ0v) is 16.7. The molecule has 0 spiro atoms. The van der Waals surface area contributed by atoms with E-state index in [1.54, 1.807) is 12.2 Å². The number of hydrogen-bond donors (Lipinski definition) is 4. The summed E-state index contributed by atoms with van der Waals surface area (Å²) in [6, 6.07) is 0. The smallest absolute Gasteiger partial charge is 0.339 e. The van der Waals surface area contributed by atoms with Crippen molar-refractivity contribution in [1.82, 2.24) is 0 Å². The number of carboxylic acid groups (broad SMARTS) is 1. The standard InChI is InChI=1S/C22H28O7/c1-20-7-5-12(23)9-11(20)3-4-13-15(20)6-8-21(2)16(13)10-14(19(25)26)17(21)18(24)22(27,28)29/h5,7,9,13-17,27-29H,3-4,6,8,10H2,1-2H3,(H,25,26)/t13-,14?,15+,16+,17-,20+,21+/m1/s1. The zero-order chi connectivity index (χ0) is 21.4. The van der Waals surface area contributed by atoms with Gasteiger partial charge in [0.2, 0.25) is 5.78 Å². The van der Waals surface area contributed by atoms with Gasteiger partial charge in [0, 0.05) is 11.3 Å². The number of allylic oxidation sites excluding steroid dienone is 4. The van der Waals surface area contributed by atoms with Crippen LogP contribution in [0.3, 0.4) is 0 Å². The maximum absolute atomic E-state index is 12.7. The summed E-state index contributed by atoms with van der Waals surface area (Å²) in [5.41, 5.74) is 0.135. The van der Waals surface area contributed by atoms with E-state index in [1.807, 2.05) is 13.0 Å². The molecule has 4 rings (SSSR count). The van der Waals surface area contributed by atoms with Crippen molar-refractivity contribution in [1.29, 1.82) is 0 Å². The molecule has 0 heterocycles. The normalized spacial score (nSPS) is 43.8. The minimum absolute atomic E-state index is 0.000724. The molecular formula is C22H28O7. The van der Waals surface area contributed by atoms with Crippen LogP contribution in [0.15, 0.2) is 23.8 Å². The first-order chi connectivity index (χ1) is 13.4. The van der Waals surface area contributed by atoms with Crippen LogP contribution in [0.4, 0.5) is 0 Å². The first-order valence-electron chi connectivity index (χ1n) is 10.3. The molecule has 1 unspecified atom stereocenters. The van der Waals surface area contributed by atoms with Crippen molar-refractivity contribution in [3.05, 3.63) is 23.8 Å². The van der Waals surface area contributed by atoms with Crippen molar-refractivity contribution in [2.24, 2.45) is 40.4 Å². The van der Waals surface area contributed by atoms with Crippen LogP contribution in [0.2, 0.25) is 0 Å². The Morgan fingerprint density at radius 1 is 1.14 bits per heavy atom. The van der Waals surface area contributed by atoms with Crippen LogP contribution in [0.25, 0.3) is 0 Å². The Balaban J connectivity index is 1.73. The number of fused-ring (bicyclic) bond motifs is 5. The average Bonchev–Trinajstić information content (AvgIpc) is 2.94. The Morgan fingerprint density at radius 3 is 2.45 bits per heavy atom. The van der Waals surface area contributed by atoms with E-state index in [2.05, 4.69) is 6.92 Å². The lowest BCUT2D eigenvalue weighted by molar-refractivity contribution is -0.292. The van der Waals surface area contributed by atoms with Crippen molar-refractivity contribution in [2.75, 3.05) is 0 Å². The van der Waals surface area contributed by atoms with Crippen molar-refractivity contribution < 1.29 is 34.8 Å². The second-order valence-electron chi connectivity index (χ2n) is 9.81. The number of aliphatic hydroxyl groups is 3. The maximum Gasteiger partial charge on any atom is 0.339 e. The highest BCUT2D eigenvalue weighted by Crippen LogP contribution is 2.67. The van der Waals surface area contributed by atoms with Gasteiger partial charge in [-0.2, -0.15) is 0 Å². The van der Waals surface area contributed by atoms with Crippen LogP contribution in [-0.2, 0) is 14.4 Å². The lowest BCUT2D eigenvalue weighted by atomic mass is 9.47. The Kier molecular flexibility index (Phi) is 4.46. The number of carbonyl (C=O) groups is 3. The first-order valence-corrected chi connectivity index (χ1v) is 10.3. The van der Waals surface area contributed by atoms with Gasteiger partial charge in [0.25, 0.3) is 0 Å². The van der Waals surface area contributed by atoms with Crippen LogP contribution in [-0.4, -0.2) is 43.9 Å². The van der Waals surface area contributed by atoms with E-state index in [0.717, 1.165) is 24.8 Å². The van der Waals surface area contributed by atoms with Gasteiger partial charge in [-0.25, -0.2) is 0 Å². The molecule has 7 heteroatoms. The highest BCUT2D eigenvalue weighted by atomic mass is 16.7. The highest BCUT2D eigenvalue weighted by molar-refractivity contribution is 6.01. The second kappa shape index (κ2) is 6.33. The molecule has 4 aliphatic carbocycles. The molecule has 3 saturated carbocycles. The van der Waals surface area contributed by atoms with E-state index in [-0.39, 0.29) is 35.4 Å². The van der Waals surface area contributed by atoms with Gasteiger partial charge in [-0.05, 0) is 67.4 Å². The van der Waals surface area contributed by atoms with Gasteiger partial charge in [-0.3, -0.25) is 14.4 Å². The molecule has 7 nitrogen and oxygen atoms in total. The zero-order valence-electron chi connectivity index (χ0n) is 16.7. The second-order valence-corrected chi connectivity index (χ2v) is 9.81. The summed E-state index contributed by atoms with van der Waals surface area (Å²) in [5, 5.41) is 38.3. The van der Waals surface area contributed by atoms with Gasteiger partial charge in [-0.15, -0.1) is 0 Å². The molecule has 29 heavy (non-hydrogen) atoms. The van der Waals surface area contributed by atoms with Crippen LogP contribution >= 0.6 is 0 Å². The number of hydrogen-bond acceptors (Lipinski definition) is 6. The van der Waals surface area contributed by atoms with E-state index in [9.17, 15) is 34.8 Å². The summed E-state index contributed by atoms with van der Waals surface area (Å²) in [6.45, 7) is 3.99. The van der Waals surface area contributed by atoms with E-state index in [0.29, 0.717) is 6.42 Å². The third-order valence-electron chi connectivity index (χ3n) is 8.55. The molecular weight excluding hydrogens is 376 g/mol. The number of carbonyl (C=O) groups excluding carboxylic acids is 2. The molecule has 0 bridgehead atoms. The number of aliphatic carboxylic acids is 1. The van der Waals surface area contributed by atoms with E-state index >= 15 is 0 Å². The monoisotopic (exact) mass is 404 g/mol. The number of carboxylic acids is 1. The van der Waals surface area contributed by atoms with Crippen LogP contribution in [0.1, 0.15) is 46.0 Å². The fourth-order valence-corrected chi connectivity index (χ4v) is 7.18. The van der Waals surface area contributed by atoms with Crippen molar-refractivity contribution >= 4 is 17.5 Å². The topological polar surface area (TPSA) is 132 Å². The predicted molar refractivity (Wildman–Crippen MR) is 101 cm³/mol. The van der Waals surface area contributed by atoms with Gasteiger partial charge >= 0.3 is 11.9 Å². The molecule has 158 valence electrons. The van der Waals surface area contributed by atoms with Crippen molar-refractivity contribution in [2.45, 2.75) is 51.9 Å². The maximum atomic E-state index is 12.7. The average molecular weight is 404 g/mol. The van der Waals surface area contributed by atoms with E-state index < -0.39 is 35.0 Å². The summed E-state index contributed by atoms with van der Waals surface area (Å²) >= 11 is 0. The summed E-state index contributed by atoms with van der Waals surface area (Å²) in [4.78, 5) is 36.5. The molecule has 0 amide bonds. The molecule has 3 fully saturated rings. The Morgan fingerprint density at radius 2 is 1.83 bits per heavy atom. The van der Waals surface area contributed by atoms with Gasteiger partial charge in [0.15, 0.2) is 5.78 Å². The van der Waals surface area contributed by atoms with Gasteiger partial charge in [0.05, 0.1) is 5.92 Å². The third-order valence-corrected chi connectivity index (χ3v) is 8.55. The largest absolute Gasteiger partial charge is 0.481 e. The molecule has 0 aromatic heterocycles. The van der Waals surface area contributed by atoms with Gasteiger partial charge < -0.3 is 20.4 Å². The summed E-state index contributed by atoms with van der Waals surface area (Å²) < 4.78 is 0. The lowest BCUT2D eigenvalue weighted by Gasteiger charge is -2.56. The molecule has 7 atom stereocenters. The van der Waals surface area contributed by atoms with E-state index in [4.69, 9.17) is 0 Å². The minimum atomic E-state index is -3.53. The Bertz CT molecular complexity index is 835. The highest BCUT2D eigenvalue weighted by Gasteiger charge is 2.65. The van der Waals surface area contributed by atoms with Crippen LogP contribution < -0.4 is 0 Å². The van der Waals surface area contributed by atoms with Gasteiger partial charge in [-0.1, -0.05) is 25.5 Å². The summed E-state index contributed by atoms with van der Waals surface area (Å²) in [7, 11) is 0. The lowest BCUT2D eigenvalue weighted by Crippen LogP contribution is -2.53. The number of Topliss-reactive ketones (excluding diaryl/α,β-unsaturated/α-hetero) is 1. The van der Waals surface area contributed by atoms with E-state index in [1.165, 1.54) is 0 Å². The fourth-order valence-electron chi connectivity index (χ4n) is 7.18. The molecule has 4 N–H and O–H groups in total. The Hall–Kier alpha value is -1.83. The summed E-state index contributed by atoms with van der Waals surface area (Å²) in [6.07, 6.45) is 8.45. The summed E-state index contributed by atoms with van der Waals surface area (Å²) in [5.74, 6) is -7.80. The van der Waals surface area contributed by atoms with Crippen LogP contribution in [0, 0.1) is 40.4 Å². The first kappa shape index (κ1) is 20.4. The van der Waals surface area contributed by atoms with Crippen molar-refractivity contribution in [3.8, 4) is 0 Å². The molecule has 0 saturated heterocycles. The molecule has 0 aliphatic heterocycles. The molecule has 0 radical (unpaired) electrons.